The van der Waals surface area contributed by atoms with Gasteiger partial charge < -0.3 is 11.1 Å². The molecule has 2 rings (SSSR count). The van der Waals surface area contributed by atoms with E-state index in [0.717, 1.165) is 18.0 Å². The minimum atomic E-state index is 0.466. The highest BCUT2D eigenvalue weighted by molar-refractivity contribution is 7.80. The second-order valence-electron chi connectivity index (χ2n) is 4.57. The third kappa shape index (κ3) is 2.53. The molecule has 3 heteroatoms. The zero-order chi connectivity index (χ0) is 11.5. The van der Waals surface area contributed by atoms with Gasteiger partial charge in [0.25, 0.3) is 0 Å². The summed E-state index contributed by atoms with van der Waals surface area (Å²) in [6.45, 7) is 3.18. The fourth-order valence-corrected chi connectivity index (χ4v) is 2.09. The molecule has 0 bridgehead atoms. The Kier molecular flexibility index (Phi) is 3.44. The number of rotatable bonds is 4. The Morgan fingerprint density at radius 1 is 1.50 bits per heavy atom. The minimum absolute atomic E-state index is 0.466. The van der Waals surface area contributed by atoms with Crippen LogP contribution in [0.5, 0.6) is 0 Å². The molecule has 0 atom stereocenters. The number of hydrogen-bond donors (Lipinski definition) is 2. The first kappa shape index (κ1) is 11.4. The lowest BCUT2D eigenvalue weighted by molar-refractivity contribution is 0.333. The van der Waals surface area contributed by atoms with E-state index in [-0.39, 0.29) is 0 Å². The third-order valence-corrected chi connectivity index (χ3v) is 3.55. The Labute approximate surface area is 102 Å². The fraction of sp³-hybridized carbons (Fsp3) is 0.462. The highest BCUT2D eigenvalue weighted by Crippen LogP contribution is 2.27. The van der Waals surface area contributed by atoms with Gasteiger partial charge in [-0.3, -0.25) is 0 Å². The van der Waals surface area contributed by atoms with Gasteiger partial charge in [0.15, 0.2) is 0 Å². The number of anilines is 1. The Morgan fingerprint density at radius 3 is 2.75 bits per heavy atom. The van der Waals surface area contributed by atoms with Crippen LogP contribution < -0.4 is 11.1 Å². The van der Waals surface area contributed by atoms with Crippen molar-refractivity contribution in [1.29, 1.82) is 0 Å². The number of thiocarbonyl (C=S) groups is 1. The molecule has 0 aromatic heterocycles. The van der Waals surface area contributed by atoms with Crippen molar-refractivity contribution in [2.45, 2.75) is 26.2 Å². The van der Waals surface area contributed by atoms with E-state index in [1.165, 1.54) is 30.5 Å². The van der Waals surface area contributed by atoms with Gasteiger partial charge >= 0.3 is 0 Å². The van der Waals surface area contributed by atoms with Gasteiger partial charge in [-0.25, -0.2) is 0 Å². The lowest BCUT2D eigenvalue weighted by Crippen LogP contribution is -2.21. The number of nitrogens with two attached hydrogens (primary N) is 1. The van der Waals surface area contributed by atoms with Crippen molar-refractivity contribution in [2.24, 2.45) is 11.7 Å². The van der Waals surface area contributed by atoms with Crippen molar-refractivity contribution in [3.8, 4) is 0 Å². The Balaban J connectivity index is 2.00. The summed E-state index contributed by atoms with van der Waals surface area (Å²) >= 11 is 4.96. The van der Waals surface area contributed by atoms with Crippen molar-refractivity contribution in [2.75, 3.05) is 11.9 Å². The average Bonchev–Trinajstić information content (AvgIpc) is 2.17. The van der Waals surface area contributed by atoms with Crippen molar-refractivity contribution in [3.05, 3.63) is 29.3 Å². The summed E-state index contributed by atoms with van der Waals surface area (Å²) in [6, 6.07) is 6.10. The molecular weight excluding hydrogens is 216 g/mol. The molecule has 86 valence electrons. The molecule has 0 radical (unpaired) electrons. The van der Waals surface area contributed by atoms with E-state index >= 15 is 0 Å². The summed E-state index contributed by atoms with van der Waals surface area (Å²) in [5.74, 6) is 0.870. The quantitative estimate of drug-likeness (QED) is 0.787. The fourth-order valence-electron chi connectivity index (χ4n) is 1.97. The molecule has 0 amide bonds. The lowest BCUT2D eigenvalue weighted by Gasteiger charge is -2.26. The van der Waals surface area contributed by atoms with Crippen LogP contribution >= 0.6 is 12.2 Å². The average molecular weight is 234 g/mol. The second kappa shape index (κ2) is 4.83. The number of nitrogens with one attached hydrogen (secondary N) is 1. The Morgan fingerprint density at radius 2 is 2.25 bits per heavy atom. The number of hydrogen-bond acceptors (Lipinski definition) is 2. The molecule has 0 saturated heterocycles. The van der Waals surface area contributed by atoms with E-state index in [2.05, 4.69) is 18.3 Å². The van der Waals surface area contributed by atoms with E-state index < -0.39 is 0 Å². The van der Waals surface area contributed by atoms with Gasteiger partial charge in [-0.1, -0.05) is 18.6 Å². The second-order valence-corrected chi connectivity index (χ2v) is 5.01. The van der Waals surface area contributed by atoms with Crippen LogP contribution in [0.1, 0.15) is 30.4 Å². The molecule has 0 unspecified atom stereocenters. The minimum Gasteiger partial charge on any atom is -0.389 e. The molecule has 0 heterocycles. The third-order valence-electron chi connectivity index (χ3n) is 3.32. The van der Waals surface area contributed by atoms with Crippen LogP contribution in [0.25, 0.3) is 0 Å². The van der Waals surface area contributed by atoms with Crippen molar-refractivity contribution < 1.29 is 0 Å². The van der Waals surface area contributed by atoms with Crippen molar-refractivity contribution in [1.82, 2.24) is 0 Å². The standard InChI is InChI=1S/C13H18N2S/c1-9-7-11(13(14)16)5-6-12(9)15-8-10-3-2-4-10/h5-7,10,15H,2-4,8H2,1H3,(H2,14,16). The summed E-state index contributed by atoms with van der Waals surface area (Å²) < 4.78 is 0. The van der Waals surface area contributed by atoms with Gasteiger partial charge in [-0.05, 0) is 49.4 Å². The summed E-state index contributed by atoms with van der Waals surface area (Å²) in [5.41, 5.74) is 8.96. The smallest absolute Gasteiger partial charge is 0.103 e. The number of aryl methyl sites for hydroxylation is 1. The van der Waals surface area contributed by atoms with Crippen LogP contribution in [0.15, 0.2) is 18.2 Å². The van der Waals surface area contributed by atoms with Crippen LogP contribution in [0.4, 0.5) is 5.69 Å². The lowest BCUT2D eigenvalue weighted by atomic mass is 9.85. The van der Waals surface area contributed by atoms with Gasteiger partial charge in [0, 0.05) is 17.8 Å². The topological polar surface area (TPSA) is 38.0 Å². The maximum atomic E-state index is 5.60. The van der Waals surface area contributed by atoms with Gasteiger partial charge in [0.05, 0.1) is 0 Å². The molecular formula is C13H18N2S. The van der Waals surface area contributed by atoms with Crippen LogP contribution in [-0.2, 0) is 0 Å². The molecule has 1 aromatic rings. The van der Waals surface area contributed by atoms with Crippen molar-refractivity contribution in [3.63, 3.8) is 0 Å². The molecule has 2 nitrogen and oxygen atoms in total. The molecule has 1 saturated carbocycles. The zero-order valence-electron chi connectivity index (χ0n) is 9.62. The van der Waals surface area contributed by atoms with Crippen LogP contribution in [0.3, 0.4) is 0 Å². The maximum absolute atomic E-state index is 5.60. The molecule has 1 aliphatic rings. The van der Waals surface area contributed by atoms with Gasteiger partial charge in [-0.15, -0.1) is 0 Å². The Bertz CT molecular complexity index is 397. The first-order valence-corrected chi connectivity index (χ1v) is 6.22. The van der Waals surface area contributed by atoms with Crippen LogP contribution in [-0.4, -0.2) is 11.5 Å². The van der Waals surface area contributed by atoms with Crippen LogP contribution in [0, 0.1) is 12.8 Å². The molecule has 1 aliphatic carbocycles. The molecule has 16 heavy (non-hydrogen) atoms. The van der Waals surface area contributed by atoms with E-state index in [4.69, 9.17) is 18.0 Å². The van der Waals surface area contributed by atoms with E-state index in [9.17, 15) is 0 Å². The van der Waals surface area contributed by atoms with E-state index in [1.54, 1.807) is 0 Å². The molecule has 1 fully saturated rings. The molecule has 0 aliphatic heterocycles. The highest BCUT2D eigenvalue weighted by atomic mass is 32.1. The SMILES string of the molecule is Cc1cc(C(N)=S)ccc1NCC1CCC1. The summed E-state index contributed by atoms with van der Waals surface area (Å²) in [7, 11) is 0. The van der Waals surface area contributed by atoms with Crippen LogP contribution in [0.2, 0.25) is 0 Å². The summed E-state index contributed by atoms with van der Waals surface area (Å²) in [5, 5.41) is 3.50. The first-order valence-electron chi connectivity index (χ1n) is 5.81. The normalized spacial score (nSPS) is 15.6. The molecule has 3 N–H and O–H groups in total. The predicted molar refractivity (Wildman–Crippen MR) is 72.9 cm³/mol. The molecule has 1 aromatic carbocycles. The zero-order valence-corrected chi connectivity index (χ0v) is 10.4. The molecule has 0 spiro atoms. The first-order chi connectivity index (χ1) is 7.66. The maximum Gasteiger partial charge on any atom is 0.103 e. The number of benzene rings is 1. The Hall–Kier alpha value is -1.09. The van der Waals surface area contributed by atoms with Crippen molar-refractivity contribution >= 4 is 22.9 Å². The predicted octanol–water partition coefficient (Wildman–Crippen LogP) is 2.84. The largest absolute Gasteiger partial charge is 0.389 e. The summed E-state index contributed by atoms with van der Waals surface area (Å²) in [4.78, 5) is 0.466. The van der Waals surface area contributed by atoms with E-state index in [0.29, 0.717) is 4.99 Å². The van der Waals surface area contributed by atoms with Gasteiger partial charge in [0.1, 0.15) is 4.99 Å². The highest BCUT2D eigenvalue weighted by Gasteiger charge is 2.16. The van der Waals surface area contributed by atoms with Gasteiger partial charge in [0.2, 0.25) is 0 Å². The van der Waals surface area contributed by atoms with E-state index in [1.807, 2.05) is 12.1 Å². The van der Waals surface area contributed by atoms with Gasteiger partial charge in [-0.2, -0.15) is 0 Å². The summed E-state index contributed by atoms with van der Waals surface area (Å²) in [6.07, 6.45) is 4.14. The monoisotopic (exact) mass is 234 g/mol.